The van der Waals surface area contributed by atoms with E-state index in [0.29, 0.717) is 0 Å². The van der Waals surface area contributed by atoms with Crippen molar-refractivity contribution >= 4 is 21.8 Å². The Labute approximate surface area is 88.2 Å². The van der Waals surface area contributed by atoms with Crippen molar-refractivity contribution in [2.75, 3.05) is 0 Å². The summed E-state index contributed by atoms with van der Waals surface area (Å²) in [5, 5.41) is 2.53. The molecule has 3 aromatic rings. The number of benzene rings is 1. The van der Waals surface area contributed by atoms with Crippen molar-refractivity contribution in [3.05, 3.63) is 42.2 Å². The van der Waals surface area contributed by atoms with E-state index in [1.807, 2.05) is 12.4 Å². The van der Waals surface area contributed by atoms with Crippen LogP contribution in [0.2, 0.25) is 0 Å². The monoisotopic (exact) mass is 196 g/mol. The molecule has 0 N–H and O–H groups in total. The third-order valence-corrected chi connectivity index (χ3v) is 2.99. The van der Waals surface area contributed by atoms with E-state index in [2.05, 4.69) is 47.8 Å². The molecular weight excluding hydrogens is 184 g/mol. The Hall–Kier alpha value is -1.83. The highest BCUT2D eigenvalue weighted by Gasteiger charge is 2.08. The van der Waals surface area contributed by atoms with E-state index < -0.39 is 0 Å². The second-order valence-electron chi connectivity index (χ2n) is 3.93. The van der Waals surface area contributed by atoms with E-state index in [1.54, 1.807) is 0 Å². The number of aryl methyl sites for hydroxylation is 2. The van der Waals surface area contributed by atoms with Crippen molar-refractivity contribution in [2.24, 2.45) is 7.05 Å². The van der Waals surface area contributed by atoms with Crippen LogP contribution in [0.15, 0.2) is 36.7 Å². The molecule has 0 bridgehead atoms. The van der Waals surface area contributed by atoms with Gasteiger partial charge in [-0.15, -0.1) is 0 Å². The van der Waals surface area contributed by atoms with Crippen LogP contribution in [-0.4, -0.2) is 9.55 Å². The van der Waals surface area contributed by atoms with Gasteiger partial charge >= 0.3 is 0 Å². The summed E-state index contributed by atoms with van der Waals surface area (Å²) in [6.07, 6.45) is 3.87. The highest BCUT2D eigenvalue weighted by atomic mass is 14.9. The standard InChI is InChI=1S/C13H12N2/c1-9-7-14-8-11-10-5-3-4-6-12(10)15(2)13(9)11/h3-8H,1-2H3. The van der Waals surface area contributed by atoms with Crippen LogP contribution in [0.3, 0.4) is 0 Å². The molecule has 2 aromatic heterocycles. The fourth-order valence-electron chi connectivity index (χ4n) is 2.31. The van der Waals surface area contributed by atoms with Crippen LogP contribution in [-0.2, 0) is 7.05 Å². The van der Waals surface area contributed by atoms with Crippen LogP contribution >= 0.6 is 0 Å². The molecule has 15 heavy (non-hydrogen) atoms. The second kappa shape index (κ2) is 2.83. The molecule has 2 nitrogen and oxygen atoms in total. The zero-order valence-corrected chi connectivity index (χ0v) is 8.86. The molecule has 0 aliphatic carbocycles. The molecule has 0 aliphatic rings. The Morgan fingerprint density at radius 2 is 1.87 bits per heavy atom. The second-order valence-corrected chi connectivity index (χ2v) is 3.93. The molecule has 74 valence electrons. The van der Waals surface area contributed by atoms with Crippen molar-refractivity contribution in [1.82, 2.24) is 9.55 Å². The lowest BCUT2D eigenvalue weighted by Crippen LogP contribution is -1.89. The Morgan fingerprint density at radius 1 is 1.07 bits per heavy atom. The highest BCUT2D eigenvalue weighted by molar-refractivity contribution is 6.08. The quantitative estimate of drug-likeness (QED) is 0.540. The lowest BCUT2D eigenvalue weighted by atomic mass is 10.2. The SMILES string of the molecule is Cc1cncc2c3ccccc3n(C)c12. The molecule has 3 rings (SSSR count). The third-order valence-electron chi connectivity index (χ3n) is 2.99. The molecule has 0 saturated heterocycles. The predicted molar refractivity (Wildman–Crippen MR) is 63.0 cm³/mol. The number of nitrogens with zero attached hydrogens (tertiary/aromatic N) is 2. The fraction of sp³-hybridized carbons (Fsp3) is 0.154. The first kappa shape index (κ1) is 8.48. The third kappa shape index (κ3) is 1.02. The van der Waals surface area contributed by atoms with Crippen LogP contribution < -0.4 is 0 Å². The van der Waals surface area contributed by atoms with Gasteiger partial charge in [0.15, 0.2) is 0 Å². The largest absolute Gasteiger partial charge is 0.343 e. The normalized spacial score (nSPS) is 11.3. The van der Waals surface area contributed by atoms with Gasteiger partial charge in [-0.2, -0.15) is 0 Å². The van der Waals surface area contributed by atoms with E-state index in [9.17, 15) is 0 Å². The van der Waals surface area contributed by atoms with Crippen LogP contribution in [0.5, 0.6) is 0 Å². The minimum Gasteiger partial charge on any atom is -0.343 e. The lowest BCUT2D eigenvalue weighted by Gasteiger charge is -1.99. The summed E-state index contributed by atoms with van der Waals surface area (Å²) in [6, 6.07) is 8.45. The number of hydrogen-bond acceptors (Lipinski definition) is 1. The minimum absolute atomic E-state index is 1.23. The van der Waals surface area contributed by atoms with Crippen LogP contribution in [0, 0.1) is 6.92 Å². The molecule has 0 amide bonds. The molecule has 2 heterocycles. The van der Waals surface area contributed by atoms with Crippen LogP contribution in [0.4, 0.5) is 0 Å². The summed E-state index contributed by atoms with van der Waals surface area (Å²) in [5.41, 5.74) is 3.78. The van der Waals surface area contributed by atoms with Crippen molar-refractivity contribution in [3.63, 3.8) is 0 Å². The predicted octanol–water partition coefficient (Wildman–Crippen LogP) is 3.03. The van der Waals surface area contributed by atoms with E-state index in [-0.39, 0.29) is 0 Å². The number of aromatic nitrogens is 2. The van der Waals surface area contributed by atoms with Crippen molar-refractivity contribution < 1.29 is 0 Å². The Kier molecular flexibility index (Phi) is 1.60. The number of rotatable bonds is 0. The summed E-state index contributed by atoms with van der Waals surface area (Å²) < 4.78 is 2.24. The van der Waals surface area contributed by atoms with Gasteiger partial charge in [0.25, 0.3) is 0 Å². The van der Waals surface area contributed by atoms with E-state index in [4.69, 9.17) is 0 Å². The summed E-state index contributed by atoms with van der Waals surface area (Å²) in [4.78, 5) is 4.26. The van der Waals surface area contributed by atoms with Crippen molar-refractivity contribution in [1.29, 1.82) is 0 Å². The van der Waals surface area contributed by atoms with Gasteiger partial charge in [-0.1, -0.05) is 18.2 Å². The molecular formula is C13H12N2. The maximum absolute atomic E-state index is 4.26. The van der Waals surface area contributed by atoms with E-state index in [0.717, 1.165) is 0 Å². The topological polar surface area (TPSA) is 17.8 Å². The maximum Gasteiger partial charge on any atom is 0.0549 e. The lowest BCUT2D eigenvalue weighted by molar-refractivity contribution is 1.01. The van der Waals surface area contributed by atoms with Gasteiger partial charge in [-0.05, 0) is 18.6 Å². The molecule has 0 unspecified atom stereocenters. The van der Waals surface area contributed by atoms with Gasteiger partial charge < -0.3 is 4.57 Å². The zero-order chi connectivity index (χ0) is 10.4. The molecule has 2 heteroatoms. The molecule has 0 aliphatic heterocycles. The van der Waals surface area contributed by atoms with Gasteiger partial charge in [0.1, 0.15) is 0 Å². The first-order valence-corrected chi connectivity index (χ1v) is 5.07. The molecule has 0 spiro atoms. The summed E-state index contributed by atoms with van der Waals surface area (Å²) >= 11 is 0. The van der Waals surface area contributed by atoms with Crippen LogP contribution in [0.1, 0.15) is 5.56 Å². The summed E-state index contributed by atoms with van der Waals surface area (Å²) in [6.45, 7) is 2.11. The number of fused-ring (bicyclic) bond motifs is 3. The molecule has 0 radical (unpaired) electrons. The average Bonchev–Trinajstić information content (AvgIpc) is 2.55. The van der Waals surface area contributed by atoms with Gasteiger partial charge in [0.05, 0.1) is 5.52 Å². The molecule has 0 atom stereocenters. The average molecular weight is 196 g/mol. The van der Waals surface area contributed by atoms with Crippen LogP contribution in [0.25, 0.3) is 21.8 Å². The Morgan fingerprint density at radius 3 is 2.73 bits per heavy atom. The maximum atomic E-state index is 4.26. The van der Waals surface area contributed by atoms with Crippen molar-refractivity contribution in [2.45, 2.75) is 6.92 Å². The summed E-state index contributed by atoms with van der Waals surface area (Å²) in [7, 11) is 2.11. The highest BCUT2D eigenvalue weighted by Crippen LogP contribution is 2.28. The Bertz CT molecular complexity index is 650. The molecule has 0 fully saturated rings. The summed E-state index contributed by atoms with van der Waals surface area (Å²) in [5.74, 6) is 0. The van der Waals surface area contributed by atoms with Gasteiger partial charge in [0, 0.05) is 35.7 Å². The smallest absolute Gasteiger partial charge is 0.0549 e. The number of pyridine rings is 1. The molecule has 1 aromatic carbocycles. The first-order chi connectivity index (χ1) is 7.29. The first-order valence-electron chi connectivity index (χ1n) is 5.07. The van der Waals surface area contributed by atoms with E-state index >= 15 is 0 Å². The zero-order valence-electron chi connectivity index (χ0n) is 8.86. The number of hydrogen-bond donors (Lipinski definition) is 0. The number of para-hydroxylation sites is 1. The van der Waals surface area contributed by atoms with Gasteiger partial charge in [-0.3, -0.25) is 4.98 Å². The van der Waals surface area contributed by atoms with Gasteiger partial charge in [0.2, 0.25) is 0 Å². The van der Waals surface area contributed by atoms with E-state index in [1.165, 1.54) is 27.4 Å². The Balaban J connectivity index is 2.69. The van der Waals surface area contributed by atoms with Crippen molar-refractivity contribution in [3.8, 4) is 0 Å². The fourth-order valence-corrected chi connectivity index (χ4v) is 2.31. The molecule has 0 saturated carbocycles. The van der Waals surface area contributed by atoms with Gasteiger partial charge in [-0.25, -0.2) is 0 Å². The minimum atomic E-state index is 1.23.